The summed E-state index contributed by atoms with van der Waals surface area (Å²) in [5, 5.41) is 0. The van der Waals surface area contributed by atoms with Crippen molar-refractivity contribution in [2.45, 2.75) is 263 Å². The highest BCUT2D eigenvalue weighted by Crippen LogP contribution is 2.18. The van der Waals surface area contributed by atoms with Crippen LogP contribution in [0.5, 0.6) is 5.75 Å². The molecule has 111 heavy (non-hydrogen) atoms. The molecule has 0 aliphatic carbocycles. The lowest BCUT2D eigenvalue weighted by atomic mass is 10.0. The normalized spacial score (nSPS) is 10.1. The van der Waals surface area contributed by atoms with Gasteiger partial charge in [-0.1, -0.05) is 189 Å². The summed E-state index contributed by atoms with van der Waals surface area (Å²) in [4.78, 5) is 61.3. The average Bonchev–Trinajstić information content (AvgIpc) is 0.969. The first-order chi connectivity index (χ1) is 56.7. The van der Waals surface area contributed by atoms with Crippen LogP contribution in [-0.4, -0.2) is 87.6 Å². The Morgan fingerprint density at radius 2 is 0.775 bits per heavy atom. The van der Waals surface area contributed by atoms with Crippen molar-refractivity contribution in [3.63, 3.8) is 0 Å². The maximum absolute atomic E-state index is 12.2. The van der Waals surface area contributed by atoms with Crippen LogP contribution in [0.3, 0.4) is 0 Å². The second-order valence-corrected chi connectivity index (χ2v) is 33.6. The number of carbonyl (C=O) groups is 5. The summed E-state index contributed by atoms with van der Waals surface area (Å²) in [7, 11) is 11.0. The minimum Gasteiger partial charge on any atom is -0.494 e. The Labute approximate surface area is 743 Å². The second-order valence-electron chi connectivity index (χ2n) is 23.0. The van der Waals surface area contributed by atoms with Gasteiger partial charge in [-0.05, 0) is 183 Å². The minimum atomic E-state index is -0.296. The number of carbonyl (C=O) groups excluding carboxylic acids is 5. The first kappa shape index (κ1) is 115. The molecule has 3 atom stereocenters. The topological polar surface area (TPSA) is 149 Å². The van der Waals surface area contributed by atoms with Crippen molar-refractivity contribution in [3.8, 4) is 41.3 Å². The van der Waals surface area contributed by atoms with Gasteiger partial charge in [0, 0.05) is 170 Å². The Morgan fingerprint density at radius 3 is 1.14 bits per heavy atom. The predicted octanol–water partition coefficient (Wildman–Crippen LogP) is 24.7. The fourth-order valence-electron chi connectivity index (χ4n) is 7.83. The van der Waals surface area contributed by atoms with Crippen LogP contribution in [0.25, 0.3) is 12.2 Å². The summed E-state index contributed by atoms with van der Waals surface area (Å²) in [6.07, 6.45) is 26.6. The van der Waals surface area contributed by atoms with E-state index in [2.05, 4.69) is 147 Å². The Morgan fingerprint density at radius 1 is 0.441 bits per heavy atom. The van der Waals surface area contributed by atoms with E-state index in [1.807, 2.05) is 143 Å². The molecule has 0 saturated carbocycles. The number of benzene rings is 3. The zero-order valence-electron chi connectivity index (χ0n) is 77.2. The summed E-state index contributed by atoms with van der Waals surface area (Å²) in [5.41, 5.74) is 4.88. The Balaban J connectivity index is -0.0000000747. The van der Waals surface area contributed by atoms with Gasteiger partial charge >= 0.3 is 29.8 Å². The van der Waals surface area contributed by atoms with Crippen LogP contribution in [0.1, 0.15) is 324 Å². The quantitative estimate of drug-likeness (QED) is 0.0181. The number of anilines is 1. The first-order valence-electron chi connectivity index (χ1n) is 41.7. The van der Waals surface area contributed by atoms with Gasteiger partial charge in [-0.25, -0.2) is 14.4 Å². The van der Waals surface area contributed by atoms with Crippen molar-refractivity contribution in [2.75, 3.05) is 58.1 Å². The maximum Gasteiger partial charge on any atom is 0.338 e. The summed E-state index contributed by atoms with van der Waals surface area (Å²) in [6, 6.07) is 25.9. The van der Waals surface area contributed by atoms with Gasteiger partial charge in [0.15, 0.2) is 0 Å². The molecule has 1 aromatic heterocycles. The van der Waals surface area contributed by atoms with Crippen LogP contribution in [-0.2, 0) is 161 Å². The number of hydrogen-bond donors (Lipinski definition) is 0. The number of hydrogen-bond acceptors (Lipinski definition) is 18. The van der Waals surface area contributed by atoms with Gasteiger partial charge in [0.1, 0.15) is 12.4 Å². The van der Waals surface area contributed by atoms with E-state index in [0.717, 1.165) is 93.5 Å². The third-order valence-corrected chi connectivity index (χ3v) is 21.7. The van der Waals surface area contributed by atoms with Crippen LogP contribution >= 0.6 is 0 Å². The molecule has 0 aliphatic heterocycles. The monoisotopic (exact) mass is 1790 g/mol. The fourth-order valence-corrected chi connectivity index (χ4v) is 7.83. The molecule has 13 nitrogen and oxygen atoms in total. The third-order valence-electron chi connectivity index (χ3n) is 15.0. The van der Waals surface area contributed by atoms with Gasteiger partial charge in [-0.2, -0.15) is 0 Å². The molecule has 3 unspecified atom stereocenters. The first-order valence-corrected chi connectivity index (χ1v) is 47.7. The molecule has 4 rings (SSSR count). The summed E-state index contributed by atoms with van der Waals surface area (Å²) in [6.45, 7) is 30.8. The van der Waals surface area contributed by atoms with Crippen molar-refractivity contribution >= 4 is 168 Å². The Hall–Kier alpha value is -5.05. The average molecular weight is 1790 g/mol. The lowest BCUT2D eigenvalue weighted by molar-refractivity contribution is -0.148. The molecule has 0 aliphatic rings. The van der Waals surface area contributed by atoms with Crippen molar-refractivity contribution in [3.05, 3.63) is 119 Å². The van der Waals surface area contributed by atoms with E-state index in [4.69, 9.17) is 46.2 Å². The van der Waals surface area contributed by atoms with Gasteiger partial charge in [0.05, 0.1) is 68.1 Å². The number of likely N-dealkylation sites (N-methyl/N-ethyl adjacent to an activating group) is 1. The van der Waals surface area contributed by atoms with Gasteiger partial charge < -0.3 is 37.9 Å². The molecule has 0 spiro atoms. The minimum absolute atomic E-state index is 0. The van der Waals surface area contributed by atoms with Gasteiger partial charge in [-0.15, -0.1) is 35.5 Å². The molecule has 0 N–H and O–H groups in total. The molecule has 0 saturated heterocycles. The molecule has 3 aromatic carbocycles. The molecular weight excluding hydrogens is 1620 g/mol. The van der Waals surface area contributed by atoms with Crippen molar-refractivity contribution in [2.24, 2.45) is 24.8 Å². The van der Waals surface area contributed by atoms with Gasteiger partial charge in [0.25, 0.3) is 0 Å². The van der Waals surface area contributed by atoms with E-state index in [9.17, 15) is 24.0 Å². The number of esters is 5. The number of nitrogens with zero attached hydrogens (tertiary/aromatic N) is 2. The zero-order chi connectivity index (χ0) is 91.9. The molecule has 0 amide bonds. The van der Waals surface area contributed by atoms with Crippen LogP contribution in [0.15, 0.2) is 91.1 Å². The van der Waals surface area contributed by atoms with E-state index in [-0.39, 0.29) is 86.2 Å². The van der Waals surface area contributed by atoms with Gasteiger partial charge in [0.2, 0.25) is 0 Å². The largest absolute Gasteiger partial charge is 0.494 e. The number of rotatable bonds is 38. The predicted molar refractivity (Wildman–Crippen MR) is 528 cm³/mol. The number of aryl methyl sites for hydroxylation is 1. The highest BCUT2D eigenvalue weighted by atomic mass is 33.2. The summed E-state index contributed by atoms with van der Waals surface area (Å²) in [5.74, 6) is 16.4. The second kappa shape index (κ2) is 99.1. The van der Waals surface area contributed by atoms with Crippen molar-refractivity contribution in [1.29, 1.82) is 0 Å². The standard InChI is InChI=1S/C25H41NO4.C22H29NO2.C21H32O5.3C4H6.6CH4.3S4.6H2/c1-5-7-8-9-10-11-12-13-19-29-25(28)22-14-16-23(17-15-22)26(4)18-20-30-24(27)21(3)6-2;1-4-18(2)8-5-6-17-25-22(24)20-13-10-19(11-14-20)12-15-21-9-7-16-23(21)3;1-4-6-7-15-26-21(23)18-10-12-19(13-11-18)24-14-8-9-16-25-20(22)17(3)5-2;3*1-3-4-2;;;;;;;3*1-3-4-2;;;;;;/h14-17,21H,5-13,18-20H2,1-4H3;7,9-16,18H,4-6,8,17H2,1-3H3;10-13,17H,4-9,14-16H2,1-3H3;3*1-2H3;6*1H4;;;;6*1H/b;15-12+;;;;;;;;;;;;;;;;;;;/i;;;;;;;;;;;;;;;6*1+1D. The highest BCUT2D eigenvalue weighted by molar-refractivity contribution is 8.52. The van der Waals surface area contributed by atoms with Gasteiger partial charge in [-0.3, -0.25) is 9.59 Å². The molecule has 0 bridgehead atoms. The van der Waals surface area contributed by atoms with Crippen LogP contribution in [0.4, 0.5) is 5.69 Å². The third kappa shape index (κ3) is 82.7. The van der Waals surface area contributed by atoms with E-state index in [1.165, 1.54) is 105 Å². The number of aromatic nitrogens is 1. The van der Waals surface area contributed by atoms with E-state index in [1.54, 1.807) is 36.4 Å². The molecule has 1 heterocycles. The SMILES string of the molecule is C.C.C.C.C.C.CC#CC.CC#CC.CC#CC.CCC(C)CCCCOC(=O)c1ccc(/C=C/c2cccn2C)cc1.CCCCCCCCCCOC(=O)c1ccc(N(C)CCOC(=O)C(C)CC)cc1.CCCCCOC(=O)c1ccc(OCCCCOC(=O)C(C)CC)cc1.S=S=S=S.S=S=S=S.S=S=S=S.[2H][2H].[2H][2H].[2H][2H].[2H][2H].[2H][2H].[2H][2H]. The Bertz CT molecular complexity index is 3290. The fraction of sp³-hybridized carbons (Fsp3) is 0.593. The van der Waals surface area contributed by atoms with Crippen LogP contribution in [0.2, 0.25) is 0 Å². The smallest absolute Gasteiger partial charge is 0.338 e. The Kier molecular flexibility index (Phi) is 102. The van der Waals surface area contributed by atoms with E-state index >= 15 is 0 Å². The van der Waals surface area contributed by atoms with E-state index in [0.29, 0.717) is 68.6 Å². The molecule has 4 aromatic rings. The molecule has 25 heteroatoms. The summed E-state index contributed by atoms with van der Waals surface area (Å²) >= 11 is 26.0. The van der Waals surface area contributed by atoms with Crippen LogP contribution in [0, 0.1) is 53.3 Å². The number of unbranched alkanes of at least 4 members (excludes halogenated alkanes) is 11. The number of ether oxygens (including phenoxy) is 6. The lowest BCUT2D eigenvalue weighted by Gasteiger charge is -2.20. The van der Waals surface area contributed by atoms with Crippen LogP contribution < -0.4 is 9.64 Å². The molecule has 0 radical (unpaired) electrons. The zero-order valence-corrected chi connectivity index (χ0v) is 75.0. The lowest BCUT2D eigenvalue weighted by Crippen LogP contribution is -2.25. The van der Waals surface area contributed by atoms with E-state index < -0.39 is 0 Å². The molecular formula is C86H156N2O11S12. The molecule has 0 fully saturated rings. The summed E-state index contributed by atoms with van der Waals surface area (Å²) < 4.78 is 94.1. The maximum atomic E-state index is 12.2. The van der Waals surface area contributed by atoms with Crippen molar-refractivity contribution < 1.29 is 70.2 Å². The molecule has 648 valence electrons. The highest BCUT2D eigenvalue weighted by Gasteiger charge is 2.15. The van der Waals surface area contributed by atoms with Crippen molar-refractivity contribution in [1.82, 2.24) is 4.57 Å².